The summed E-state index contributed by atoms with van der Waals surface area (Å²) < 4.78 is 5.01. The first-order valence-corrected chi connectivity index (χ1v) is 5.78. The van der Waals surface area contributed by atoms with Crippen molar-refractivity contribution in [2.75, 3.05) is 6.61 Å². The molecule has 98 valence electrons. The van der Waals surface area contributed by atoms with Gasteiger partial charge in [-0.3, -0.25) is 4.79 Å². The fraction of sp³-hybridized carbons (Fsp3) is 0.385. The third-order valence-corrected chi connectivity index (χ3v) is 2.35. The monoisotopic (exact) mass is 251 g/mol. The first-order chi connectivity index (χ1) is 8.67. The minimum absolute atomic E-state index is 0.123. The van der Waals surface area contributed by atoms with Crippen molar-refractivity contribution < 1.29 is 19.4 Å². The normalized spacial score (nSPS) is 11.7. The zero-order valence-electron chi connectivity index (χ0n) is 10.3. The Labute approximate surface area is 106 Å². The van der Waals surface area contributed by atoms with Crippen LogP contribution in [0.15, 0.2) is 30.3 Å². The molecule has 0 fully saturated rings. The topological polar surface area (TPSA) is 75.6 Å². The maximum atomic E-state index is 11.6. The Morgan fingerprint density at radius 1 is 1.33 bits per heavy atom. The molecule has 0 bridgehead atoms. The molecule has 2 N–H and O–H groups in total. The summed E-state index contributed by atoms with van der Waals surface area (Å²) in [5.74, 6) is -0.936. The second kappa shape index (κ2) is 7.45. The van der Waals surface area contributed by atoms with Crippen molar-refractivity contribution in [3.63, 3.8) is 0 Å². The summed E-state index contributed by atoms with van der Waals surface area (Å²) in [6.07, 6.45) is 0.252. The van der Waals surface area contributed by atoms with Gasteiger partial charge in [0.05, 0.1) is 6.61 Å². The van der Waals surface area contributed by atoms with Gasteiger partial charge >= 0.3 is 5.97 Å². The van der Waals surface area contributed by atoms with Crippen LogP contribution >= 0.6 is 0 Å². The lowest BCUT2D eigenvalue weighted by Crippen LogP contribution is -2.44. The second-order valence-corrected chi connectivity index (χ2v) is 3.75. The number of hydrogen-bond donors (Lipinski definition) is 2. The van der Waals surface area contributed by atoms with Crippen LogP contribution in [0, 0.1) is 0 Å². The largest absolute Gasteiger partial charge is 0.459 e. The van der Waals surface area contributed by atoms with Crippen LogP contribution in [-0.2, 0) is 20.9 Å². The van der Waals surface area contributed by atoms with E-state index in [4.69, 9.17) is 9.84 Å². The molecule has 0 aliphatic rings. The minimum Gasteiger partial charge on any atom is -0.459 e. The molecule has 0 saturated carbocycles. The maximum absolute atomic E-state index is 11.6. The van der Waals surface area contributed by atoms with Crippen LogP contribution in [0.4, 0.5) is 0 Å². The number of nitrogens with one attached hydrogen (secondary N) is 1. The number of rotatable bonds is 6. The highest BCUT2D eigenvalue weighted by atomic mass is 16.5. The summed E-state index contributed by atoms with van der Waals surface area (Å²) in [4.78, 5) is 22.7. The molecule has 1 amide bonds. The molecule has 1 atom stereocenters. The third kappa shape index (κ3) is 4.55. The number of benzene rings is 1. The van der Waals surface area contributed by atoms with Gasteiger partial charge in [-0.2, -0.15) is 0 Å². The van der Waals surface area contributed by atoms with Crippen LogP contribution in [0.1, 0.15) is 18.9 Å². The van der Waals surface area contributed by atoms with E-state index in [0.717, 1.165) is 5.56 Å². The van der Waals surface area contributed by atoms with Gasteiger partial charge in [0, 0.05) is 6.42 Å². The van der Waals surface area contributed by atoms with Crippen LogP contribution in [0.25, 0.3) is 0 Å². The molecule has 1 rings (SSSR count). The second-order valence-electron chi connectivity index (χ2n) is 3.75. The van der Waals surface area contributed by atoms with Crippen LogP contribution in [0.2, 0.25) is 0 Å². The fourth-order valence-corrected chi connectivity index (χ4v) is 1.30. The summed E-state index contributed by atoms with van der Waals surface area (Å²) >= 11 is 0. The van der Waals surface area contributed by atoms with Crippen molar-refractivity contribution >= 4 is 11.9 Å². The molecule has 5 heteroatoms. The van der Waals surface area contributed by atoms with Crippen molar-refractivity contribution in [2.24, 2.45) is 0 Å². The number of hydrogen-bond acceptors (Lipinski definition) is 4. The Hall–Kier alpha value is -1.88. The molecule has 0 aromatic heterocycles. The molecule has 1 aromatic rings. The first kappa shape index (κ1) is 14.2. The molecule has 0 heterocycles. The van der Waals surface area contributed by atoms with Crippen molar-refractivity contribution in [1.29, 1.82) is 0 Å². The minimum atomic E-state index is -0.999. The van der Waals surface area contributed by atoms with Crippen LogP contribution in [-0.4, -0.2) is 29.6 Å². The summed E-state index contributed by atoms with van der Waals surface area (Å²) in [6.45, 7) is 1.32. The van der Waals surface area contributed by atoms with E-state index >= 15 is 0 Å². The third-order valence-electron chi connectivity index (χ3n) is 2.35. The van der Waals surface area contributed by atoms with Gasteiger partial charge in [0.1, 0.15) is 6.61 Å². The van der Waals surface area contributed by atoms with Crippen molar-refractivity contribution in [3.8, 4) is 0 Å². The molecule has 0 radical (unpaired) electrons. The van der Waals surface area contributed by atoms with Crippen LogP contribution in [0.5, 0.6) is 0 Å². The molecule has 0 saturated heterocycles. The molecule has 0 aliphatic heterocycles. The number of aliphatic hydroxyl groups excluding tert-OH is 1. The van der Waals surface area contributed by atoms with E-state index in [9.17, 15) is 9.59 Å². The van der Waals surface area contributed by atoms with Crippen LogP contribution < -0.4 is 5.32 Å². The Kier molecular flexibility index (Phi) is 5.87. The van der Waals surface area contributed by atoms with Gasteiger partial charge in [0.2, 0.25) is 5.91 Å². The Bertz CT molecular complexity index is 391. The molecule has 0 spiro atoms. The quantitative estimate of drug-likeness (QED) is 0.727. The van der Waals surface area contributed by atoms with E-state index in [1.165, 1.54) is 0 Å². The first-order valence-electron chi connectivity index (χ1n) is 5.78. The molecule has 18 heavy (non-hydrogen) atoms. The molecule has 1 unspecified atom stereocenters. The average molecular weight is 251 g/mol. The predicted octanol–water partition coefficient (Wildman–Crippen LogP) is 0.617. The van der Waals surface area contributed by atoms with Gasteiger partial charge in [-0.15, -0.1) is 0 Å². The van der Waals surface area contributed by atoms with Gasteiger partial charge < -0.3 is 15.2 Å². The van der Waals surface area contributed by atoms with Gasteiger partial charge in [-0.05, 0) is 5.56 Å². The number of carbonyl (C=O) groups is 2. The van der Waals surface area contributed by atoms with E-state index in [0.29, 0.717) is 0 Å². The SMILES string of the molecule is CCC(=O)NC(CO)C(=O)OCc1ccccc1. The number of aliphatic hydroxyl groups is 1. The van der Waals surface area contributed by atoms with Crippen LogP contribution in [0.3, 0.4) is 0 Å². The van der Waals surface area contributed by atoms with Gasteiger partial charge in [0.15, 0.2) is 6.04 Å². The highest BCUT2D eigenvalue weighted by Crippen LogP contribution is 2.02. The number of amides is 1. The summed E-state index contributed by atoms with van der Waals surface area (Å²) in [5.41, 5.74) is 0.851. The molecular weight excluding hydrogens is 234 g/mol. The summed E-state index contributed by atoms with van der Waals surface area (Å²) in [5, 5.41) is 11.4. The average Bonchev–Trinajstić information content (AvgIpc) is 2.42. The highest BCUT2D eigenvalue weighted by molar-refractivity contribution is 5.84. The lowest BCUT2D eigenvalue weighted by Gasteiger charge is -2.14. The van der Waals surface area contributed by atoms with E-state index in [1.807, 2.05) is 30.3 Å². The number of esters is 1. The standard InChI is InChI=1S/C13H17NO4/c1-2-12(16)14-11(8-15)13(17)18-9-10-6-4-3-5-7-10/h3-7,11,15H,2,8-9H2,1H3,(H,14,16). The van der Waals surface area contributed by atoms with E-state index in [-0.39, 0.29) is 18.9 Å². The molecule has 5 nitrogen and oxygen atoms in total. The lowest BCUT2D eigenvalue weighted by atomic mass is 10.2. The van der Waals surface area contributed by atoms with Gasteiger partial charge in [-0.25, -0.2) is 4.79 Å². The van der Waals surface area contributed by atoms with Crippen molar-refractivity contribution in [3.05, 3.63) is 35.9 Å². The van der Waals surface area contributed by atoms with Gasteiger partial charge in [0.25, 0.3) is 0 Å². The number of ether oxygens (including phenoxy) is 1. The number of carbonyl (C=O) groups excluding carboxylic acids is 2. The molecular formula is C13H17NO4. The Morgan fingerprint density at radius 3 is 2.56 bits per heavy atom. The Balaban J connectivity index is 2.45. The van der Waals surface area contributed by atoms with Crippen molar-refractivity contribution in [2.45, 2.75) is 26.0 Å². The fourth-order valence-electron chi connectivity index (χ4n) is 1.30. The zero-order chi connectivity index (χ0) is 13.4. The van der Waals surface area contributed by atoms with E-state index in [1.54, 1.807) is 6.92 Å². The molecule has 0 aliphatic carbocycles. The van der Waals surface area contributed by atoms with E-state index in [2.05, 4.69) is 5.32 Å². The maximum Gasteiger partial charge on any atom is 0.331 e. The van der Waals surface area contributed by atoms with E-state index < -0.39 is 18.6 Å². The predicted molar refractivity (Wildman–Crippen MR) is 65.5 cm³/mol. The summed E-state index contributed by atoms with van der Waals surface area (Å²) in [6, 6.07) is 8.19. The smallest absolute Gasteiger partial charge is 0.331 e. The lowest BCUT2D eigenvalue weighted by molar-refractivity contribution is -0.150. The molecule has 1 aromatic carbocycles. The van der Waals surface area contributed by atoms with Gasteiger partial charge in [-0.1, -0.05) is 37.3 Å². The highest BCUT2D eigenvalue weighted by Gasteiger charge is 2.20. The zero-order valence-corrected chi connectivity index (χ0v) is 10.3. The summed E-state index contributed by atoms with van der Waals surface area (Å²) in [7, 11) is 0. The van der Waals surface area contributed by atoms with Crippen molar-refractivity contribution in [1.82, 2.24) is 5.32 Å². The Morgan fingerprint density at radius 2 is 2.00 bits per heavy atom.